The molecule has 3 rings (SSSR count). The summed E-state index contributed by atoms with van der Waals surface area (Å²) in [6, 6.07) is 4.74. The van der Waals surface area contributed by atoms with E-state index < -0.39 is 18.0 Å². The van der Waals surface area contributed by atoms with Crippen LogP contribution in [0.15, 0.2) is 18.2 Å². The van der Waals surface area contributed by atoms with E-state index in [1.807, 2.05) is 11.8 Å². The molecule has 7 nitrogen and oxygen atoms in total. The zero-order valence-corrected chi connectivity index (χ0v) is 14.4. The highest BCUT2D eigenvalue weighted by Gasteiger charge is 2.33. The minimum Gasteiger partial charge on any atom is -0.442 e. The molecule has 0 saturated carbocycles. The molecular formula is C17H23FN4O3. The van der Waals surface area contributed by atoms with E-state index in [0.717, 1.165) is 0 Å². The van der Waals surface area contributed by atoms with Gasteiger partial charge >= 0.3 is 6.09 Å². The third-order valence-electron chi connectivity index (χ3n) is 4.71. The quantitative estimate of drug-likeness (QED) is 0.848. The number of hydrogen-bond donors (Lipinski definition) is 2. The van der Waals surface area contributed by atoms with Gasteiger partial charge in [0, 0.05) is 26.1 Å². The van der Waals surface area contributed by atoms with Crippen molar-refractivity contribution < 1.29 is 18.7 Å². The first kappa shape index (κ1) is 17.5. The largest absolute Gasteiger partial charge is 0.442 e. The molecule has 1 aromatic carbocycles. The number of rotatable bonds is 4. The Morgan fingerprint density at radius 2 is 2.16 bits per heavy atom. The minimum absolute atomic E-state index is 0.0298. The maximum atomic E-state index is 14.6. The van der Waals surface area contributed by atoms with Crippen LogP contribution in [-0.2, 0) is 9.53 Å². The minimum atomic E-state index is -0.542. The van der Waals surface area contributed by atoms with Gasteiger partial charge < -0.3 is 20.7 Å². The summed E-state index contributed by atoms with van der Waals surface area (Å²) >= 11 is 0. The van der Waals surface area contributed by atoms with Gasteiger partial charge in [0.2, 0.25) is 5.91 Å². The maximum Gasteiger partial charge on any atom is 0.414 e. The number of amides is 2. The second kappa shape index (κ2) is 6.87. The molecular weight excluding hydrogens is 327 g/mol. The van der Waals surface area contributed by atoms with Gasteiger partial charge in [0.25, 0.3) is 0 Å². The molecule has 3 atom stereocenters. The van der Waals surface area contributed by atoms with Crippen LogP contribution in [0.25, 0.3) is 0 Å². The van der Waals surface area contributed by atoms with Gasteiger partial charge in [-0.3, -0.25) is 9.69 Å². The molecule has 0 radical (unpaired) electrons. The smallest absolute Gasteiger partial charge is 0.414 e. The molecule has 2 unspecified atom stereocenters. The van der Waals surface area contributed by atoms with Crippen molar-refractivity contribution in [1.29, 1.82) is 0 Å². The summed E-state index contributed by atoms with van der Waals surface area (Å²) in [6.45, 7) is 5.27. The number of carbonyl (C=O) groups is 2. The fourth-order valence-corrected chi connectivity index (χ4v) is 3.21. The van der Waals surface area contributed by atoms with Crippen molar-refractivity contribution >= 4 is 23.4 Å². The topological polar surface area (TPSA) is 87.9 Å². The van der Waals surface area contributed by atoms with Gasteiger partial charge in [-0.25, -0.2) is 9.18 Å². The Morgan fingerprint density at radius 3 is 2.76 bits per heavy atom. The van der Waals surface area contributed by atoms with Crippen LogP contribution < -0.4 is 20.9 Å². The number of ether oxygens (including phenoxy) is 1. The lowest BCUT2D eigenvalue weighted by atomic mass is 10.1. The number of cyclic esters (lactones) is 1. The number of nitrogens with one attached hydrogen (secondary N) is 1. The van der Waals surface area contributed by atoms with Crippen molar-refractivity contribution in [1.82, 2.24) is 5.32 Å². The van der Waals surface area contributed by atoms with E-state index in [9.17, 15) is 14.0 Å². The summed E-state index contributed by atoms with van der Waals surface area (Å²) in [5, 5.41) is 2.61. The van der Waals surface area contributed by atoms with Gasteiger partial charge in [-0.2, -0.15) is 0 Å². The summed E-state index contributed by atoms with van der Waals surface area (Å²) in [5.41, 5.74) is 6.93. The van der Waals surface area contributed by atoms with E-state index in [-0.39, 0.29) is 25.0 Å². The molecule has 136 valence electrons. The number of hydrogen-bond acceptors (Lipinski definition) is 5. The lowest BCUT2D eigenvalue weighted by molar-refractivity contribution is -0.119. The molecule has 2 heterocycles. The molecule has 2 aliphatic heterocycles. The standard InChI is InChI=1S/C17H23FN4O3/c1-10-7-21(9-15(10)19)16-4-3-12(5-14(16)18)22-8-13(25-17(22)24)6-20-11(2)23/h3-5,10,13,15H,6-9,19H2,1-2H3,(H,20,23)/t10?,13-,15?/m0/s1. The van der Waals surface area contributed by atoms with Crippen molar-refractivity contribution in [3.8, 4) is 0 Å². The van der Waals surface area contributed by atoms with E-state index in [0.29, 0.717) is 30.4 Å². The van der Waals surface area contributed by atoms with Crippen LogP contribution in [0.2, 0.25) is 0 Å². The van der Waals surface area contributed by atoms with Crippen molar-refractivity contribution in [2.24, 2.45) is 11.7 Å². The van der Waals surface area contributed by atoms with Crippen molar-refractivity contribution in [2.45, 2.75) is 26.0 Å². The fourth-order valence-electron chi connectivity index (χ4n) is 3.21. The second-order valence-electron chi connectivity index (χ2n) is 6.74. The molecule has 2 saturated heterocycles. The first-order valence-electron chi connectivity index (χ1n) is 8.38. The lowest BCUT2D eigenvalue weighted by Gasteiger charge is -2.21. The summed E-state index contributed by atoms with van der Waals surface area (Å²) in [4.78, 5) is 26.3. The first-order valence-corrected chi connectivity index (χ1v) is 8.38. The molecule has 0 spiro atoms. The summed E-state index contributed by atoms with van der Waals surface area (Å²) < 4.78 is 19.8. The molecule has 1 aromatic rings. The first-order chi connectivity index (χ1) is 11.8. The fraction of sp³-hybridized carbons (Fsp3) is 0.529. The van der Waals surface area contributed by atoms with E-state index in [4.69, 9.17) is 10.5 Å². The average molecular weight is 350 g/mol. The summed E-state index contributed by atoms with van der Waals surface area (Å²) in [6.07, 6.45) is -0.990. The number of halogens is 1. The van der Waals surface area contributed by atoms with E-state index in [1.165, 1.54) is 17.9 Å². The molecule has 0 aliphatic carbocycles. The van der Waals surface area contributed by atoms with Gasteiger partial charge in [0.05, 0.1) is 24.5 Å². The Balaban J connectivity index is 1.70. The normalized spacial score (nSPS) is 26.1. The van der Waals surface area contributed by atoms with E-state index in [2.05, 4.69) is 5.32 Å². The van der Waals surface area contributed by atoms with E-state index >= 15 is 0 Å². The Morgan fingerprint density at radius 1 is 1.40 bits per heavy atom. The number of nitrogens with zero attached hydrogens (tertiary/aromatic N) is 2. The van der Waals surface area contributed by atoms with Crippen molar-refractivity contribution in [2.75, 3.05) is 36.0 Å². The maximum absolute atomic E-state index is 14.6. The van der Waals surface area contributed by atoms with Crippen LogP contribution >= 0.6 is 0 Å². The van der Waals surface area contributed by atoms with Crippen molar-refractivity contribution in [3.05, 3.63) is 24.0 Å². The Bertz CT molecular complexity index is 674. The summed E-state index contributed by atoms with van der Waals surface area (Å²) in [5.74, 6) is -0.276. The molecule has 2 amide bonds. The molecule has 0 bridgehead atoms. The van der Waals surface area contributed by atoms with Gasteiger partial charge in [0.1, 0.15) is 11.9 Å². The van der Waals surface area contributed by atoms with Crippen LogP contribution in [0.3, 0.4) is 0 Å². The Hall–Kier alpha value is -2.35. The zero-order valence-electron chi connectivity index (χ0n) is 14.4. The zero-order chi connectivity index (χ0) is 18.1. The number of benzene rings is 1. The molecule has 3 N–H and O–H groups in total. The van der Waals surface area contributed by atoms with Gasteiger partial charge in [-0.15, -0.1) is 0 Å². The van der Waals surface area contributed by atoms with Crippen LogP contribution in [-0.4, -0.2) is 50.3 Å². The molecule has 8 heteroatoms. The Labute approximate surface area is 145 Å². The van der Waals surface area contributed by atoms with Crippen LogP contribution in [0.5, 0.6) is 0 Å². The highest BCUT2D eigenvalue weighted by Crippen LogP contribution is 2.30. The Kier molecular flexibility index (Phi) is 4.80. The predicted octanol–water partition coefficient (Wildman–Crippen LogP) is 1.07. The second-order valence-corrected chi connectivity index (χ2v) is 6.74. The summed E-state index contributed by atoms with van der Waals surface area (Å²) in [7, 11) is 0. The lowest BCUT2D eigenvalue weighted by Crippen LogP contribution is -2.33. The number of anilines is 2. The van der Waals surface area contributed by atoms with Crippen LogP contribution in [0, 0.1) is 11.7 Å². The highest BCUT2D eigenvalue weighted by atomic mass is 19.1. The predicted molar refractivity (Wildman–Crippen MR) is 92.1 cm³/mol. The van der Waals surface area contributed by atoms with Gasteiger partial charge in [0.15, 0.2) is 0 Å². The average Bonchev–Trinajstić information content (AvgIpc) is 3.08. The van der Waals surface area contributed by atoms with Crippen molar-refractivity contribution in [3.63, 3.8) is 0 Å². The number of nitrogens with two attached hydrogens (primary N) is 1. The molecule has 2 aliphatic rings. The van der Waals surface area contributed by atoms with Crippen LogP contribution in [0.4, 0.5) is 20.6 Å². The molecule has 2 fully saturated rings. The number of carbonyl (C=O) groups excluding carboxylic acids is 2. The van der Waals surface area contributed by atoms with E-state index in [1.54, 1.807) is 12.1 Å². The van der Waals surface area contributed by atoms with Crippen LogP contribution in [0.1, 0.15) is 13.8 Å². The SMILES string of the molecule is CC(=O)NC[C@H]1CN(c2ccc(N3CC(C)C(N)C3)c(F)c2)C(=O)O1. The molecule has 25 heavy (non-hydrogen) atoms. The van der Waals surface area contributed by atoms with Gasteiger partial charge in [-0.1, -0.05) is 6.92 Å². The monoisotopic (exact) mass is 350 g/mol. The third kappa shape index (κ3) is 3.68. The third-order valence-corrected chi connectivity index (χ3v) is 4.71. The molecule has 0 aromatic heterocycles. The van der Waals surface area contributed by atoms with Gasteiger partial charge in [-0.05, 0) is 24.1 Å². The highest BCUT2D eigenvalue weighted by molar-refractivity contribution is 5.90.